The molecule has 0 bridgehead atoms. The summed E-state index contributed by atoms with van der Waals surface area (Å²) in [5.74, 6) is -1.44. The monoisotopic (exact) mass is 474 g/mol. The van der Waals surface area contributed by atoms with Crippen LogP contribution in [0.2, 0.25) is 0 Å². The molecule has 0 aromatic heterocycles. The van der Waals surface area contributed by atoms with Gasteiger partial charge in [0.05, 0.1) is 11.1 Å². The first kappa shape index (κ1) is 30.2. The van der Waals surface area contributed by atoms with Crippen molar-refractivity contribution in [2.75, 3.05) is 0 Å². The van der Waals surface area contributed by atoms with Gasteiger partial charge in [0.15, 0.2) is 0 Å². The van der Waals surface area contributed by atoms with Crippen molar-refractivity contribution in [2.24, 2.45) is 5.92 Å². The molecular formula is C30H50O4. The van der Waals surface area contributed by atoms with Crippen molar-refractivity contribution >= 4 is 11.9 Å². The van der Waals surface area contributed by atoms with E-state index in [1.54, 1.807) is 0 Å². The Morgan fingerprint density at radius 1 is 0.676 bits per heavy atom. The molecular weight excluding hydrogens is 424 g/mol. The fourth-order valence-electron chi connectivity index (χ4n) is 4.80. The van der Waals surface area contributed by atoms with Crippen LogP contribution < -0.4 is 0 Å². The van der Waals surface area contributed by atoms with Crippen LogP contribution in [0.3, 0.4) is 0 Å². The van der Waals surface area contributed by atoms with Crippen molar-refractivity contribution < 1.29 is 19.8 Å². The standard InChI is InChI=1S/C30H50O4/c1-4-5-20-25-22-23-27(29(31)32)28(30(33)34)26(25)21-18-16-14-12-10-8-6-7-9-11-13-15-17-19-24(2)3/h22-24H,4-21H2,1-3H3,(H,31,32)(H,33,34). The number of rotatable bonds is 21. The first-order valence-electron chi connectivity index (χ1n) is 14.0. The summed E-state index contributed by atoms with van der Waals surface area (Å²) in [5.41, 5.74) is 1.66. The van der Waals surface area contributed by atoms with Crippen molar-refractivity contribution in [1.82, 2.24) is 0 Å². The molecule has 4 heteroatoms. The number of hydrogen-bond acceptors (Lipinski definition) is 2. The Morgan fingerprint density at radius 2 is 1.18 bits per heavy atom. The zero-order valence-corrected chi connectivity index (χ0v) is 22.2. The minimum absolute atomic E-state index is 0.000949. The number of unbranched alkanes of at least 4 members (excludes halogenated alkanes) is 13. The van der Waals surface area contributed by atoms with E-state index >= 15 is 0 Å². The number of aromatic carboxylic acids is 2. The summed E-state index contributed by atoms with van der Waals surface area (Å²) in [5, 5.41) is 19.2. The lowest BCUT2D eigenvalue weighted by atomic mass is 9.89. The molecule has 0 aliphatic rings. The number of hydrogen-bond donors (Lipinski definition) is 2. The Labute approximate surface area is 208 Å². The second-order valence-corrected chi connectivity index (χ2v) is 10.4. The van der Waals surface area contributed by atoms with Gasteiger partial charge in [0.2, 0.25) is 0 Å². The molecule has 0 fully saturated rings. The van der Waals surface area contributed by atoms with E-state index < -0.39 is 11.9 Å². The molecule has 4 nitrogen and oxygen atoms in total. The van der Waals surface area contributed by atoms with Gasteiger partial charge in [-0.1, -0.05) is 117 Å². The van der Waals surface area contributed by atoms with E-state index in [0.29, 0.717) is 6.42 Å². The Morgan fingerprint density at radius 3 is 1.62 bits per heavy atom. The van der Waals surface area contributed by atoms with Gasteiger partial charge < -0.3 is 10.2 Å². The molecule has 0 atom stereocenters. The maximum atomic E-state index is 11.9. The van der Waals surface area contributed by atoms with Crippen molar-refractivity contribution in [1.29, 1.82) is 0 Å². The Kier molecular flexibility index (Phi) is 16.4. The van der Waals surface area contributed by atoms with Crippen LogP contribution >= 0.6 is 0 Å². The van der Waals surface area contributed by atoms with E-state index in [2.05, 4.69) is 20.8 Å². The largest absolute Gasteiger partial charge is 0.478 e. The van der Waals surface area contributed by atoms with Gasteiger partial charge in [-0.25, -0.2) is 9.59 Å². The van der Waals surface area contributed by atoms with Crippen molar-refractivity contribution in [2.45, 2.75) is 136 Å². The third kappa shape index (κ3) is 12.6. The number of aryl methyl sites for hydroxylation is 1. The molecule has 1 aromatic carbocycles. The van der Waals surface area contributed by atoms with E-state index in [4.69, 9.17) is 0 Å². The molecule has 1 aromatic rings. The topological polar surface area (TPSA) is 74.6 Å². The fraction of sp³-hybridized carbons (Fsp3) is 0.733. The summed E-state index contributed by atoms with van der Waals surface area (Å²) in [6.07, 6.45) is 21.5. The summed E-state index contributed by atoms with van der Waals surface area (Å²) >= 11 is 0. The number of benzene rings is 1. The van der Waals surface area contributed by atoms with Gasteiger partial charge in [0.25, 0.3) is 0 Å². The maximum Gasteiger partial charge on any atom is 0.336 e. The first-order chi connectivity index (χ1) is 16.4. The molecule has 0 unspecified atom stereocenters. The maximum absolute atomic E-state index is 11.9. The lowest BCUT2D eigenvalue weighted by Crippen LogP contribution is -2.14. The average molecular weight is 475 g/mol. The lowest BCUT2D eigenvalue weighted by molar-refractivity contribution is 0.0650. The van der Waals surface area contributed by atoms with E-state index in [0.717, 1.165) is 49.1 Å². The van der Waals surface area contributed by atoms with Crippen LogP contribution in [0.15, 0.2) is 12.1 Å². The first-order valence-corrected chi connectivity index (χ1v) is 14.0. The minimum atomic E-state index is -1.16. The predicted octanol–water partition coefficient (Wildman–Crippen LogP) is 9.09. The summed E-state index contributed by atoms with van der Waals surface area (Å²) in [6, 6.07) is 3.29. The molecule has 194 valence electrons. The second kappa shape index (κ2) is 18.5. The molecule has 34 heavy (non-hydrogen) atoms. The molecule has 0 heterocycles. The summed E-state index contributed by atoms with van der Waals surface area (Å²) in [7, 11) is 0. The van der Waals surface area contributed by atoms with Crippen molar-refractivity contribution in [3.05, 3.63) is 34.4 Å². The van der Waals surface area contributed by atoms with E-state index in [1.165, 1.54) is 83.1 Å². The van der Waals surface area contributed by atoms with Crippen molar-refractivity contribution in [3.8, 4) is 0 Å². The van der Waals surface area contributed by atoms with Gasteiger partial charge in [-0.15, -0.1) is 0 Å². The van der Waals surface area contributed by atoms with E-state index in [9.17, 15) is 19.8 Å². The third-order valence-electron chi connectivity index (χ3n) is 6.86. The van der Waals surface area contributed by atoms with Crippen LogP contribution in [0.5, 0.6) is 0 Å². The molecule has 0 aliphatic heterocycles. The van der Waals surface area contributed by atoms with Crippen LogP contribution in [0, 0.1) is 5.92 Å². The highest BCUT2D eigenvalue weighted by molar-refractivity contribution is 6.03. The zero-order chi connectivity index (χ0) is 25.2. The highest BCUT2D eigenvalue weighted by atomic mass is 16.4. The fourth-order valence-corrected chi connectivity index (χ4v) is 4.80. The van der Waals surface area contributed by atoms with Gasteiger partial charge in [0.1, 0.15) is 0 Å². The average Bonchev–Trinajstić information content (AvgIpc) is 2.79. The Bertz CT molecular complexity index is 708. The van der Waals surface area contributed by atoms with Crippen LogP contribution in [0.1, 0.15) is 155 Å². The van der Waals surface area contributed by atoms with Gasteiger partial charge in [-0.3, -0.25) is 0 Å². The molecule has 0 saturated heterocycles. The SMILES string of the molecule is CCCCc1ccc(C(=O)O)c(C(=O)O)c1CCCCCCCCCCCCCCCC(C)C. The highest BCUT2D eigenvalue weighted by Crippen LogP contribution is 2.25. The molecule has 0 amide bonds. The molecule has 0 radical (unpaired) electrons. The molecule has 1 rings (SSSR count). The lowest BCUT2D eigenvalue weighted by Gasteiger charge is -2.15. The summed E-state index contributed by atoms with van der Waals surface area (Å²) < 4.78 is 0. The second-order valence-electron chi connectivity index (χ2n) is 10.4. The summed E-state index contributed by atoms with van der Waals surface area (Å²) in [6.45, 7) is 6.72. The molecule has 0 saturated carbocycles. The number of carboxylic acid groups (broad SMARTS) is 2. The smallest absolute Gasteiger partial charge is 0.336 e. The number of carbonyl (C=O) groups is 2. The predicted molar refractivity (Wildman–Crippen MR) is 142 cm³/mol. The van der Waals surface area contributed by atoms with Gasteiger partial charge >= 0.3 is 11.9 Å². The molecule has 0 spiro atoms. The van der Waals surface area contributed by atoms with Crippen LogP contribution in [0.25, 0.3) is 0 Å². The van der Waals surface area contributed by atoms with Crippen LogP contribution in [-0.4, -0.2) is 22.2 Å². The zero-order valence-electron chi connectivity index (χ0n) is 22.2. The van der Waals surface area contributed by atoms with Gasteiger partial charge in [0, 0.05) is 0 Å². The molecule has 2 N–H and O–H groups in total. The summed E-state index contributed by atoms with van der Waals surface area (Å²) in [4.78, 5) is 23.4. The van der Waals surface area contributed by atoms with Crippen LogP contribution in [0.4, 0.5) is 0 Å². The van der Waals surface area contributed by atoms with E-state index in [1.807, 2.05) is 6.07 Å². The van der Waals surface area contributed by atoms with Gasteiger partial charge in [-0.2, -0.15) is 0 Å². The third-order valence-corrected chi connectivity index (χ3v) is 6.86. The minimum Gasteiger partial charge on any atom is -0.478 e. The van der Waals surface area contributed by atoms with Crippen molar-refractivity contribution in [3.63, 3.8) is 0 Å². The number of carboxylic acids is 2. The molecule has 0 aliphatic carbocycles. The Balaban J connectivity index is 2.28. The quantitative estimate of drug-likeness (QED) is 0.174. The Hall–Kier alpha value is -1.84. The van der Waals surface area contributed by atoms with Gasteiger partial charge in [-0.05, 0) is 48.8 Å². The highest BCUT2D eigenvalue weighted by Gasteiger charge is 2.22. The van der Waals surface area contributed by atoms with E-state index in [-0.39, 0.29) is 11.1 Å². The van der Waals surface area contributed by atoms with Crippen LogP contribution in [-0.2, 0) is 12.8 Å². The normalized spacial score (nSPS) is 11.3.